The van der Waals surface area contributed by atoms with Crippen LogP contribution in [-0.2, 0) is 51.5 Å². The number of hydrogen-bond donors (Lipinski definition) is 1. The second-order valence-corrected chi connectivity index (χ2v) is 27.8. The van der Waals surface area contributed by atoms with Crippen molar-refractivity contribution >= 4 is 47.9 Å². The highest BCUT2D eigenvalue weighted by atomic mass is 32.2. The van der Waals surface area contributed by atoms with Gasteiger partial charge in [0, 0.05) is 20.0 Å². The maximum atomic E-state index is 13.4. The molecule has 80 heavy (non-hydrogen) atoms. The van der Waals surface area contributed by atoms with Crippen LogP contribution in [-0.4, -0.2) is 80.8 Å². The number of esters is 1. The molecule has 0 atom stereocenters. The van der Waals surface area contributed by atoms with Crippen molar-refractivity contribution in [2.45, 2.75) is 116 Å². The van der Waals surface area contributed by atoms with Crippen molar-refractivity contribution in [1.29, 1.82) is 0 Å². The monoisotopic (exact) mass is 1190 g/mol. The van der Waals surface area contributed by atoms with E-state index in [1.807, 2.05) is 12.1 Å². The van der Waals surface area contributed by atoms with Crippen LogP contribution in [0.1, 0.15) is 64.7 Å². The highest BCUT2D eigenvalue weighted by Gasteiger charge is 2.76. The Bertz CT molecular complexity index is 2970. The van der Waals surface area contributed by atoms with Crippen molar-refractivity contribution in [3.63, 3.8) is 0 Å². The first kappa shape index (κ1) is 62.2. The van der Waals surface area contributed by atoms with Gasteiger partial charge in [-0.1, -0.05) is 97.4 Å². The fourth-order valence-electron chi connectivity index (χ4n) is 10.7. The molecule has 1 N–H and O–H groups in total. The largest absolute Gasteiger partial charge is 0.497 e. The summed E-state index contributed by atoms with van der Waals surface area (Å²) in [5.41, 5.74) is -0.718. The molecule has 5 fully saturated rings. The van der Waals surface area contributed by atoms with Crippen LogP contribution in [0, 0.1) is 23.2 Å². The average Bonchev–Trinajstić information content (AvgIpc) is 3.64. The molecule has 0 spiro atoms. The lowest BCUT2D eigenvalue weighted by Crippen LogP contribution is -2.60. The van der Waals surface area contributed by atoms with Gasteiger partial charge in [-0.2, -0.15) is 47.8 Å². The quantitative estimate of drug-likeness (QED) is 0.0466. The van der Waals surface area contributed by atoms with Gasteiger partial charge in [0.25, 0.3) is 10.0 Å². The van der Waals surface area contributed by atoms with Gasteiger partial charge in [0.15, 0.2) is 36.0 Å². The molecule has 0 radical (unpaired) electrons. The normalized spacial score (nSPS) is 20.3. The molecule has 9 nitrogen and oxygen atoms in total. The van der Waals surface area contributed by atoms with Crippen LogP contribution in [0.4, 0.5) is 35.1 Å². The van der Waals surface area contributed by atoms with E-state index in [0.717, 1.165) is 25.0 Å². The molecule has 1 aliphatic heterocycles. The van der Waals surface area contributed by atoms with Gasteiger partial charge in [0.05, 0.1) is 34.3 Å². The van der Waals surface area contributed by atoms with E-state index in [2.05, 4.69) is 169 Å². The number of alkyl halides is 8. The van der Waals surface area contributed by atoms with Crippen LogP contribution in [0.2, 0.25) is 0 Å². The molecule has 0 amide bonds. The Morgan fingerprint density at radius 3 is 1.18 bits per heavy atom. The predicted molar refractivity (Wildman–Crippen MR) is 292 cm³/mol. The van der Waals surface area contributed by atoms with E-state index in [-0.39, 0.29) is 52.0 Å². The molecule has 6 aromatic carbocycles. The third-order valence-corrected chi connectivity index (χ3v) is 21.6. The van der Waals surface area contributed by atoms with Crippen LogP contribution >= 0.6 is 0 Å². The molecule has 4 bridgehead atoms. The van der Waals surface area contributed by atoms with Crippen LogP contribution in [0.3, 0.4) is 0 Å². The van der Waals surface area contributed by atoms with Crippen molar-refractivity contribution in [2.75, 3.05) is 26.8 Å². The molecule has 21 heteroatoms. The van der Waals surface area contributed by atoms with Crippen LogP contribution < -0.4 is 4.74 Å². The molecule has 1 saturated heterocycles. The third kappa shape index (κ3) is 14.6. The number of ether oxygens (including phenoxy) is 2. The molecule has 4 saturated carbocycles. The van der Waals surface area contributed by atoms with E-state index < -0.39 is 67.4 Å². The Morgan fingerprint density at radius 1 is 0.550 bits per heavy atom. The number of carbonyl (C=O) groups is 1. The van der Waals surface area contributed by atoms with Gasteiger partial charge in [-0.15, -0.1) is 0 Å². The fourth-order valence-corrected chi connectivity index (χ4v) is 16.7. The number of benzene rings is 6. The van der Waals surface area contributed by atoms with Gasteiger partial charge < -0.3 is 9.47 Å². The van der Waals surface area contributed by atoms with Crippen LogP contribution in [0.15, 0.2) is 205 Å². The van der Waals surface area contributed by atoms with Crippen molar-refractivity contribution in [3.8, 4) is 5.75 Å². The number of halogens is 8. The zero-order valence-corrected chi connectivity index (χ0v) is 47.1. The molecule has 0 aromatic heterocycles. The lowest BCUT2D eigenvalue weighted by Gasteiger charge is -2.55. The summed E-state index contributed by atoms with van der Waals surface area (Å²) < 4.78 is 167. The molecule has 0 unspecified atom stereocenters. The Morgan fingerprint density at radius 2 is 0.875 bits per heavy atom. The van der Waals surface area contributed by atoms with Gasteiger partial charge in [0.1, 0.15) is 5.75 Å². The van der Waals surface area contributed by atoms with E-state index in [1.165, 1.54) is 29.4 Å². The number of piperidine rings is 1. The summed E-state index contributed by atoms with van der Waals surface area (Å²) in [5.74, 6) is -9.62. The predicted octanol–water partition coefficient (Wildman–Crippen LogP) is 14.5. The fraction of sp³-hybridized carbons (Fsp3) is 0.373. The van der Waals surface area contributed by atoms with E-state index in [0.29, 0.717) is 43.4 Å². The summed E-state index contributed by atoms with van der Waals surface area (Å²) in [6, 6.07) is 61.8. The first-order valence-electron chi connectivity index (χ1n) is 25.8. The van der Waals surface area contributed by atoms with Crippen molar-refractivity contribution in [1.82, 2.24) is 4.31 Å². The first-order chi connectivity index (χ1) is 37.8. The lowest BCUT2D eigenvalue weighted by molar-refractivity contribution is -0.272. The zero-order chi connectivity index (χ0) is 58.0. The van der Waals surface area contributed by atoms with E-state index >= 15 is 0 Å². The van der Waals surface area contributed by atoms with Gasteiger partial charge >= 0.3 is 38.4 Å². The highest BCUT2D eigenvalue weighted by Crippen LogP contribution is 2.60. The molecule has 11 rings (SSSR count). The van der Waals surface area contributed by atoms with Crippen LogP contribution in [0.25, 0.3) is 0 Å². The topological polar surface area (TPSA) is 127 Å². The summed E-state index contributed by atoms with van der Waals surface area (Å²) in [4.78, 5) is 20.3. The maximum Gasteiger partial charge on any atom is 0.427 e. The molecule has 430 valence electrons. The molecular formula is C59H63F8NO8S4+2. The SMILES string of the molecule is CC(F)(F)C(F)(F)C(F)(F)S(=O)(=O)N1CCCCC1.COc1ccc([S+](c2ccccc2)c2ccccc2)cc1.O=C(OCC(F)(F)S(=O)(=O)O)C12CC3CC(CC(C3)C1)C2.c1ccc([S+](c2ccccc2)c2ccccc2)cc1. The minimum absolute atomic E-state index is 0.0146. The van der Waals surface area contributed by atoms with Crippen molar-refractivity contribution in [2.24, 2.45) is 23.2 Å². The van der Waals surface area contributed by atoms with Gasteiger partial charge in [-0.3, -0.25) is 9.35 Å². The third-order valence-electron chi connectivity index (χ3n) is 14.3. The molecular weight excluding hydrogens is 1130 g/mol. The standard InChI is InChI=1S/C19H17OS.C18H15S.C13H18F2O5S.C9H13F6NO2S/c1-20-16-12-14-19(15-13-16)21(17-8-4-2-5-9-17)18-10-6-3-7-11-18;1-4-10-16(11-5-1)19(17-12-6-2-7-13-17)18-14-8-3-9-15-18;14-13(15,21(17,18)19)7-20-11(16)12-4-8-1-9(5-12)3-10(2-8)6-12;1-7(10,11)8(12,13)9(14,15)19(17,18)16-5-3-2-4-6-16/h2-15H,1H3;1-15H;8-10H,1-7H2,(H,17,18,19);2-6H2,1H3/q2*+1;;. The number of methoxy groups -OCH3 is 1. The van der Waals surface area contributed by atoms with Crippen molar-refractivity contribution in [3.05, 3.63) is 176 Å². The summed E-state index contributed by atoms with van der Waals surface area (Å²) in [6.07, 6.45) is 6.24. The zero-order valence-electron chi connectivity index (χ0n) is 43.9. The van der Waals surface area contributed by atoms with Crippen LogP contribution in [0.5, 0.6) is 5.75 Å². The van der Waals surface area contributed by atoms with E-state index in [1.54, 1.807) is 7.11 Å². The molecule has 4 aliphatic carbocycles. The Labute approximate surface area is 468 Å². The number of carbonyl (C=O) groups excluding carboxylic acids is 1. The minimum atomic E-state index is -5.98. The number of nitrogens with zero attached hydrogens (tertiary/aromatic N) is 1. The minimum Gasteiger partial charge on any atom is -0.497 e. The Hall–Kier alpha value is -5.45. The highest BCUT2D eigenvalue weighted by molar-refractivity contribution is 7.97. The number of sulfonamides is 1. The second kappa shape index (κ2) is 26.2. The maximum absolute atomic E-state index is 13.4. The Balaban J connectivity index is 0.000000154. The van der Waals surface area contributed by atoms with E-state index in [4.69, 9.17) is 9.29 Å². The molecule has 1 heterocycles. The number of hydrogen-bond acceptors (Lipinski definition) is 7. The number of rotatable bonds is 15. The Kier molecular flexibility index (Phi) is 20.4. The molecule has 5 aliphatic rings. The lowest BCUT2D eigenvalue weighted by atomic mass is 9.49. The van der Waals surface area contributed by atoms with Gasteiger partial charge in [-0.25, -0.2) is 8.42 Å². The van der Waals surface area contributed by atoms with Gasteiger partial charge in [-0.05, 0) is 154 Å². The summed E-state index contributed by atoms with van der Waals surface area (Å²) in [7, 11) is -9.79. The average molecular weight is 1190 g/mol. The molecule has 6 aromatic rings. The summed E-state index contributed by atoms with van der Waals surface area (Å²) in [5, 5.41) is -10.3. The second-order valence-electron chi connectivity index (χ2n) is 20.2. The summed E-state index contributed by atoms with van der Waals surface area (Å²) >= 11 is 0. The van der Waals surface area contributed by atoms with Crippen molar-refractivity contribution < 1.29 is 70.8 Å². The van der Waals surface area contributed by atoms with Gasteiger partial charge in [0.2, 0.25) is 0 Å². The first-order valence-corrected chi connectivity index (χ1v) is 31.2. The smallest absolute Gasteiger partial charge is 0.427 e. The summed E-state index contributed by atoms with van der Waals surface area (Å²) in [6.45, 7) is -2.80. The van der Waals surface area contributed by atoms with E-state index in [9.17, 15) is 56.8 Å².